The highest BCUT2D eigenvalue weighted by Crippen LogP contribution is 2.37. The molecule has 0 spiro atoms. The van der Waals surface area contributed by atoms with Crippen LogP contribution in [0.2, 0.25) is 0 Å². The van der Waals surface area contributed by atoms with E-state index < -0.39 is 0 Å². The van der Waals surface area contributed by atoms with E-state index in [2.05, 4.69) is 6.92 Å². The number of hydrogen-bond donors (Lipinski definition) is 0. The van der Waals surface area contributed by atoms with Crippen molar-refractivity contribution in [3.8, 4) is 28.4 Å². The van der Waals surface area contributed by atoms with Crippen molar-refractivity contribution in [1.29, 1.82) is 0 Å². The molecule has 0 aliphatic carbocycles. The summed E-state index contributed by atoms with van der Waals surface area (Å²) in [5, 5.41) is 0. The van der Waals surface area contributed by atoms with Crippen molar-refractivity contribution >= 4 is 5.97 Å². The second kappa shape index (κ2) is 14.0. The molecule has 1 unspecified atom stereocenters. The van der Waals surface area contributed by atoms with Gasteiger partial charge in [-0.05, 0) is 72.7 Å². The van der Waals surface area contributed by atoms with Gasteiger partial charge in [0.2, 0.25) is 0 Å². The maximum atomic E-state index is 14.9. The zero-order valence-electron chi connectivity index (χ0n) is 22.9. The van der Waals surface area contributed by atoms with Crippen molar-refractivity contribution in [1.82, 2.24) is 0 Å². The first-order chi connectivity index (χ1) is 19.0. The van der Waals surface area contributed by atoms with E-state index in [-0.39, 0.29) is 24.0 Å². The molecule has 3 aromatic rings. The number of methoxy groups -OCH3 is 2. The van der Waals surface area contributed by atoms with Crippen LogP contribution in [0.1, 0.15) is 62.5 Å². The summed E-state index contributed by atoms with van der Waals surface area (Å²) in [4.78, 5) is 11.9. The molecule has 208 valence electrons. The maximum absolute atomic E-state index is 14.9. The predicted molar refractivity (Wildman–Crippen MR) is 148 cm³/mol. The van der Waals surface area contributed by atoms with Crippen molar-refractivity contribution in [2.24, 2.45) is 0 Å². The molecule has 39 heavy (non-hydrogen) atoms. The Morgan fingerprint density at radius 1 is 1.03 bits per heavy atom. The molecule has 0 N–H and O–H groups in total. The van der Waals surface area contributed by atoms with Crippen LogP contribution < -0.4 is 14.2 Å². The van der Waals surface area contributed by atoms with Gasteiger partial charge < -0.3 is 23.7 Å². The van der Waals surface area contributed by atoms with E-state index in [4.69, 9.17) is 23.7 Å². The first-order valence-electron chi connectivity index (χ1n) is 13.5. The fraction of sp³-hybridized carbons (Fsp3) is 0.406. The van der Waals surface area contributed by atoms with Crippen LogP contribution in [0.25, 0.3) is 11.1 Å². The maximum Gasteiger partial charge on any atom is 0.306 e. The normalized spacial score (nSPS) is 15.8. The molecule has 7 heteroatoms. The molecule has 0 radical (unpaired) electrons. The highest BCUT2D eigenvalue weighted by Gasteiger charge is 2.20. The summed E-state index contributed by atoms with van der Waals surface area (Å²) >= 11 is 0. The first-order valence-corrected chi connectivity index (χ1v) is 13.5. The Kier molecular flexibility index (Phi) is 10.2. The summed E-state index contributed by atoms with van der Waals surface area (Å²) in [6, 6.07) is 18.1. The first kappa shape index (κ1) is 28.4. The van der Waals surface area contributed by atoms with E-state index in [0.29, 0.717) is 48.0 Å². The summed E-state index contributed by atoms with van der Waals surface area (Å²) in [5.74, 6) is 1.29. The average molecular weight is 537 g/mol. The van der Waals surface area contributed by atoms with E-state index in [1.165, 1.54) is 13.2 Å². The third-order valence-electron chi connectivity index (χ3n) is 6.92. The molecule has 0 bridgehead atoms. The predicted octanol–water partition coefficient (Wildman–Crippen LogP) is 7.43. The molecule has 6 nitrogen and oxygen atoms in total. The van der Waals surface area contributed by atoms with Crippen LogP contribution in [0.5, 0.6) is 17.2 Å². The molecule has 1 aliphatic rings. The molecular weight excluding hydrogens is 499 g/mol. The van der Waals surface area contributed by atoms with Crippen molar-refractivity contribution in [3.63, 3.8) is 0 Å². The zero-order chi connectivity index (χ0) is 27.6. The van der Waals surface area contributed by atoms with Crippen LogP contribution >= 0.6 is 0 Å². The number of benzene rings is 3. The lowest BCUT2D eigenvalue weighted by atomic mass is 9.91. The molecule has 3 aromatic carbocycles. The quantitative estimate of drug-likeness (QED) is 0.224. The summed E-state index contributed by atoms with van der Waals surface area (Å²) < 4.78 is 43.3. The van der Waals surface area contributed by atoms with Gasteiger partial charge in [-0.15, -0.1) is 0 Å². The number of rotatable bonds is 12. The van der Waals surface area contributed by atoms with Crippen LogP contribution in [0, 0.1) is 5.82 Å². The van der Waals surface area contributed by atoms with E-state index in [9.17, 15) is 9.18 Å². The lowest BCUT2D eigenvalue weighted by Gasteiger charge is -2.25. The standard InChI is InChI=1S/C32H37FO6/c1-4-8-23(19-31(34)36-3)24-9-7-10-26(18-24)38-21-22-12-14-27(28-20-25(35-2)13-15-29(28)33)30(17-22)39-32-11-5-6-16-37-32/h7,9-10,12-15,17-18,20,23,32H,4-6,8,11,16,19,21H2,1-3H3/t23-,32?/m1/s1. The minimum absolute atomic E-state index is 0.0681. The van der Waals surface area contributed by atoms with Crippen molar-refractivity contribution < 1.29 is 32.9 Å². The zero-order valence-corrected chi connectivity index (χ0v) is 22.9. The third kappa shape index (κ3) is 7.73. The molecule has 1 saturated heterocycles. The molecule has 0 amide bonds. The third-order valence-corrected chi connectivity index (χ3v) is 6.92. The van der Waals surface area contributed by atoms with Crippen LogP contribution in [0.15, 0.2) is 60.7 Å². The largest absolute Gasteiger partial charge is 0.497 e. The molecule has 0 aromatic heterocycles. The number of carbonyl (C=O) groups is 1. The van der Waals surface area contributed by atoms with Gasteiger partial charge >= 0.3 is 5.97 Å². The van der Waals surface area contributed by atoms with Gasteiger partial charge in [0.05, 0.1) is 27.2 Å². The molecule has 0 saturated carbocycles. The van der Waals surface area contributed by atoms with E-state index in [1.54, 1.807) is 19.2 Å². The Morgan fingerprint density at radius 2 is 1.90 bits per heavy atom. The second-order valence-corrected chi connectivity index (χ2v) is 9.72. The number of hydrogen-bond acceptors (Lipinski definition) is 6. The molecule has 1 heterocycles. The topological polar surface area (TPSA) is 63.2 Å². The minimum atomic E-state index is -0.385. The van der Waals surface area contributed by atoms with Gasteiger partial charge in [-0.1, -0.05) is 37.6 Å². The van der Waals surface area contributed by atoms with Crippen molar-refractivity contribution in [2.75, 3.05) is 20.8 Å². The SMILES string of the molecule is CCC[C@H](CC(=O)OC)c1cccc(OCc2ccc(-c3cc(OC)ccc3F)c(OC3CCCCO3)c2)c1. The lowest BCUT2D eigenvalue weighted by molar-refractivity contribution is -0.141. The summed E-state index contributed by atoms with van der Waals surface area (Å²) in [6.45, 7) is 3.03. The Labute approximate surface area is 230 Å². The Balaban J connectivity index is 1.56. The minimum Gasteiger partial charge on any atom is -0.497 e. The van der Waals surface area contributed by atoms with Crippen LogP contribution in [-0.4, -0.2) is 33.1 Å². The smallest absolute Gasteiger partial charge is 0.306 e. The van der Waals surface area contributed by atoms with Gasteiger partial charge in [-0.3, -0.25) is 4.79 Å². The number of halogens is 1. The monoisotopic (exact) mass is 536 g/mol. The van der Waals surface area contributed by atoms with Gasteiger partial charge in [-0.2, -0.15) is 0 Å². The lowest BCUT2D eigenvalue weighted by Crippen LogP contribution is -2.25. The number of carbonyl (C=O) groups excluding carboxylic acids is 1. The molecule has 1 aliphatic heterocycles. The van der Waals surface area contributed by atoms with Crippen LogP contribution in [0.4, 0.5) is 4.39 Å². The number of ether oxygens (including phenoxy) is 5. The summed E-state index contributed by atoms with van der Waals surface area (Å²) in [6.07, 6.45) is 4.58. The Morgan fingerprint density at radius 3 is 2.64 bits per heavy atom. The summed E-state index contributed by atoms with van der Waals surface area (Å²) in [5.41, 5.74) is 2.93. The van der Waals surface area contributed by atoms with E-state index in [0.717, 1.165) is 43.2 Å². The van der Waals surface area contributed by atoms with Crippen molar-refractivity contribution in [2.45, 2.75) is 64.3 Å². The Hall–Kier alpha value is -3.58. The molecular formula is C32H37FO6. The van der Waals surface area contributed by atoms with Gasteiger partial charge in [-0.25, -0.2) is 4.39 Å². The Bertz CT molecular complexity index is 1240. The summed E-state index contributed by atoms with van der Waals surface area (Å²) in [7, 11) is 2.97. The average Bonchev–Trinajstić information content (AvgIpc) is 2.97. The van der Waals surface area contributed by atoms with Crippen LogP contribution in [0.3, 0.4) is 0 Å². The van der Waals surface area contributed by atoms with E-state index >= 15 is 0 Å². The van der Waals surface area contributed by atoms with Gasteiger partial charge in [0, 0.05) is 17.5 Å². The van der Waals surface area contributed by atoms with Gasteiger partial charge in [0.25, 0.3) is 0 Å². The van der Waals surface area contributed by atoms with E-state index in [1.807, 2.05) is 42.5 Å². The second-order valence-electron chi connectivity index (χ2n) is 9.72. The molecule has 1 fully saturated rings. The molecule has 2 atom stereocenters. The highest BCUT2D eigenvalue weighted by molar-refractivity contribution is 5.73. The fourth-order valence-electron chi connectivity index (χ4n) is 4.80. The van der Waals surface area contributed by atoms with Crippen molar-refractivity contribution in [3.05, 3.63) is 77.6 Å². The fourth-order valence-corrected chi connectivity index (χ4v) is 4.80. The highest BCUT2D eigenvalue weighted by atomic mass is 19.1. The molecule has 4 rings (SSSR count). The van der Waals surface area contributed by atoms with Gasteiger partial charge in [0.1, 0.15) is 29.7 Å². The van der Waals surface area contributed by atoms with Gasteiger partial charge in [0.15, 0.2) is 6.29 Å². The van der Waals surface area contributed by atoms with Crippen LogP contribution in [-0.2, 0) is 20.9 Å². The number of esters is 1.